The van der Waals surface area contributed by atoms with Crippen molar-refractivity contribution in [2.75, 3.05) is 5.75 Å². The molecule has 0 radical (unpaired) electrons. The highest BCUT2D eigenvalue weighted by atomic mass is 32.2. The van der Waals surface area contributed by atoms with E-state index in [4.69, 9.17) is 4.42 Å². The number of aromatic nitrogens is 4. The Balaban J connectivity index is 1.68. The number of rotatable bonds is 6. The smallest absolute Gasteiger partial charge is 0.406 e. The van der Waals surface area contributed by atoms with Crippen LogP contribution in [0.25, 0.3) is 11.5 Å². The van der Waals surface area contributed by atoms with E-state index in [1.807, 2.05) is 0 Å². The molecular formula is C17H15F3N4O2S. The Hall–Kier alpha value is -2.62. The van der Waals surface area contributed by atoms with Gasteiger partial charge >= 0.3 is 6.18 Å². The van der Waals surface area contributed by atoms with Crippen LogP contribution in [0, 0.1) is 13.8 Å². The Kier molecular flexibility index (Phi) is 5.36. The standard InChI is InChI=1S/C17H15F3N4O2S/c1-10-6-13(11(2)24(10)9-17(18,19)20)14(25)8-27-16-23-22-15(26-16)12-4-3-5-21-7-12/h3-7H,8-9H2,1-2H3. The predicted molar refractivity (Wildman–Crippen MR) is 92.5 cm³/mol. The van der Waals surface area contributed by atoms with Crippen LogP contribution in [-0.4, -0.2) is 37.5 Å². The number of hydrogen-bond donors (Lipinski definition) is 0. The number of carbonyl (C=O) groups is 1. The zero-order chi connectivity index (χ0) is 19.6. The summed E-state index contributed by atoms with van der Waals surface area (Å²) in [5.41, 5.74) is 1.59. The normalized spacial score (nSPS) is 11.7. The lowest BCUT2D eigenvalue weighted by atomic mass is 10.2. The molecule has 0 aliphatic heterocycles. The Morgan fingerprint density at radius 2 is 2.07 bits per heavy atom. The third-order valence-electron chi connectivity index (χ3n) is 3.85. The first-order chi connectivity index (χ1) is 12.7. The second kappa shape index (κ2) is 7.55. The summed E-state index contributed by atoms with van der Waals surface area (Å²) in [6.45, 7) is 1.92. The van der Waals surface area contributed by atoms with Gasteiger partial charge < -0.3 is 8.98 Å². The maximum Gasteiger partial charge on any atom is 0.406 e. The van der Waals surface area contributed by atoms with Crippen molar-refractivity contribution in [2.24, 2.45) is 0 Å². The molecule has 0 fully saturated rings. The van der Waals surface area contributed by atoms with Crippen LogP contribution in [0.5, 0.6) is 0 Å². The van der Waals surface area contributed by atoms with Gasteiger partial charge in [-0.1, -0.05) is 11.8 Å². The zero-order valence-electron chi connectivity index (χ0n) is 14.4. The number of thioether (sulfide) groups is 1. The molecule has 0 amide bonds. The molecule has 3 aromatic heterocycles. The summed E-state index contributed by atoms with van der Waals surface area (Å²) in [6.07, 6.45) is -1.16. The SMILES string of the molecule is Cc1cc(C(=O)CSc2nnc(-c3cccnc3)o2)c(C)n1CC(F)(F)F. The third kappa shape index (κ3) is 4.57. The fourth-order valence-corrected chi connectivity index (χ4v) is 3.23. The van der Waals surface area contributed by atoms with Gasteiger partial charge in [0.25, 0.3) is 5.22 Å². The van der Waals surface area contributed by atoms with Crippen LogP contribution in [0.2, 0.25) is 0 Å². The van der Waals surface area contributed by atoms with Crippen LogP contribution in [0.3, 0.4) is 0 Å². The molecule has 10 heteroatoms. The summed E-state index contributed by atoms with van der Waals surface area (Å²) in [5.74, 6) is -0.0469. The summed E-state index contributed by atoms with van der Waals surface area (Å²) in [5, 5.41) is 7.96. The number of pyridine rings is 1. The van der Waals surface area contributed by atoms with E-state index in [0.29, 0.717) is 11.3 Å². The fourth-order valence-electron chi connectivity index (χ4n) is 2.59. The lowest BCUT2D eigenvalue weighted by molar-refractivity contribution is -0.141. The van der Waals surface area contributed by atoms with Gasteiger partial charge in [0, 0.05) is 29.3 Å². The van der Waals surface area contributed by atoms with Crippen molar-refractivity contribution in [1.82, 2.24) is 19.7 Å². The number of hydrogen-bond acceptors (Lipinski definition) is 6. The number of carbonyl (C=O) groups excluding carboxylic acids is 1. The van der Waals surface area contributed by atoms with E-state index in [2.05, 4.69) is 15.2 Å². The average Bonchev–Trinajstić information content (AvgIpc) is 3.20. The van der Waals surface area contributed by atoms with Crippen LogP contribution < -0.4 is 0 Å². The van der Waals surface area contributed by atoms with Gasteiger partial charge in [-0.15, -0.1) is 10.2 Å². The molecule has 0 aliphatic carbocycles. The number of alkyl halides is 3. The first-order valence-corrected chi connectivity index (χ1v) is 8.86. The highest BCUT2D eigenvalue weighted by molar-refractivity contribution is 7.99. The molecule has 0 aromatic carbocycles. The highest BCUT2D eigenvalue weighted by Gasteiger charge is 2.30. The molecule has 0 saturated heterocycles. The van der Waals surface area contributed by atoms with Crippen molar-refractivity contribution < 1.29 is 22.4 Å². The van der Waals surface area contributed by atoms with Crippen LogP contribution in [0.15, 0.2) is 40.2 Å². The van der Waals surface area contributed by atoms with Gasteiger partial charge in [-0.25, -0.2) is 0 Å². The van der Waals surface area contributed by atoms with E-state index in [-0.39, 0.29) is 33.9 Å². The summed E-state index contributed by atoms with van der Waals surface area (Å²) < 4.78 is 44.6. The molecular weight excluding hydrogens is 381 g/mol. The summed E-state index contributed by atoms with van der Waals surface area (Å²) in [4.78, 5) is 16.4. The Morgan fingerprint density at radius 3 is 2.74 bits per heavy atom. The quantitative estimate of drug-likeness (QED) is 0.462. The van der Waals surface area contributed by atoms with E-state index in [1.54, 1.807) is 31.5 Å². The van der Waals surface area contributed by atoms with Crippen molar-refractivity contribution in [1.29, 1.82) is 0 Å². The molecule has 3 rings (SSSR count). The summed E-state index contributed by atoms with van der Waals surface area (Å²) in [7, 11) is 0. The maximum atomic E-state index is 12.7. The van der Waals surface area contributed by atoms with Crippen molar-refractivity contribution in [3.05, 3.63) is 47.5 Å². The van der Waals surface area contributed by atoms with Gasteiger partial charge in [0.2, 0.25) is 5.89 Å². The van der Waals surface area contributed by atoms with Crippen molar-refractivity contribution in [3.63, 3.8) is 0 Å². The first kappa shape index (κ1) is 19.2. The van der Waals surface area contributed by atoms with E-state index in [0.717, 1.165) is 16.3 Å². The van der Waals surface area contributed by atoms with Gasteiger partial charge in [-0.3, -0.25) is 9.78 Å². The maximum absolute atomic E-state index is 12.7. The fraction of sp³-hybridized carbons (Fsp3) is 0.294. The molecule has 142 valence electrons. The molecule has 0 N–H and O–H groups in total. The lowest BCUT2D eigenvalue weighted by Gasteiger charge is -2.12. The summed E-state index contributed by atoms with van der Waals surface area (Å²) in [6, 6.07) is 4.96. The van der Waals surface area contributed by atoms with E-state index in [9.17, 15) is 18.0 Å². The molecule has 3 aromatic rings. The molecule has 0 saturated carbocycles. The molecule has 0 spiro atoms. The molecule has 3 heterocycles. The van der Waals surface area contributed by atoms with Crippen molar-refractivity contribution >= 4 is 17.5 Å². The second-order valence-corrected chi connectivity index (χ2v) is 6.74. The number of ketones is 1. The molecule has 0 atom stereocenters. The Bertz CT molecular complexity index is 951. The average molecular weight is 396 g/mol. The summed E-state index contributed by atoms with van der Waals surface area (Å²) >= 11 is 1.03. The largest absolute Gasteiger partial charge is 0.411 e. The molecule has 0 aliphatic rings. The topological polar surface area (TPSA) is 73.8 Å². The number of aryl methyl sites for hydroxylation is 1. The Morgan fingerprint density at radius 1 is 1.30 bits per heavy atom. The monoisotopic (exact) mass is 396 g/mol. The number of Topliss-reactive ketones (excluding diaryl/α,β-unsaturated/α-hetero) is 1. The van der Waals surface area contributed by atoms with Gasteiger partial charge in [-0.2, -0.15) is 13.2 Å². The third-order valence-corrected chi connectivity index (χ3v) is 4.67. The second-order valence-electron chi connectivity index (χ2n) is 5.81. The van der Waals surface area contributed by atoms with Gasteiger partial charge in [0.15, 0.2) is 5.78 Å². The van der Waals surface area contributed by atoms with Crippen LogP contribution in [0.4, 0.5) is 13.2 Å². The van der Waals surface area contributed by atoms with Crippen molar-refractivity contribution in [3.8, 4) is 11.5 Å². The van der Waals surface area contributed by atoms with E-state index >= 15 is 0 Å². The lowest BCUT2D eigenvalue weighted by Crippen LogP contribution is -2.19. The minimum Gasteiger partial charge on any atom is -0.411 e. The Labute approximate surface area is 156 Å². The van der Waals surface area contributed by atoms with Gasteiger partial charge in [-0.05, 0) is 32.0 Å². The van der Waals surface area contributed by atoms with E-state index < -0.39 is 12.7 Å². The molecule has 27 heavy (non-hydrogen) atoms. The van der Waals surface area contributed by atoms with Crippen LogP contribution >= 0.6 is 11.8 Å². The molecule has 0 unspecified atom stereocenters. The minimum absolute atomic E-state index is 0.0228. The molecule has 6 nitrogen and oxygen atoms in total. The highest BCUT2D eigenvalue weighted by Crippen LogP contribution is 2.26. The van der Waals surface area contributed by atoms with Crippen molar-refractivity contribution in [2.45, 2.75) is 31.8 Å². The predicted octanol–water partition coefficient (Wildman–Crippen LogP) is 4.09. The zero-order valence-corrected chi connectivity index (χ0v) is 15.3. The molecule has 0 bridgehead atoms. The van der Waals surface area contributed by atoms with Gasteiger partial charge in [0.1, 0.15) is 6.54 Å². The first-order valence-electron chi connectivity index (χ1n) is 7.88. The number of halogens is 3. The van der Waals surface area contributed by atoms with E-state index in [1.165, 1.54) is 13.0 Å². The van der Waals surface area contributed by atoms with Crippen LogP contribution in [-0.2, 0) is 6.54 Å². The van der Waals surface area contributed by atoms with Crippen LogP contribution in [0.1, 0.15) is 21.7 Å². The van der Waals surface area contributed by atoms with Gasteiger partial charge in [0.05, 0.1) is 11.3 Å². The minimum atomic E-state index is -4.35. The number of nitrogens with zero attached hydrogens (tertiary/aromatic N) is 4.